The Morgan fingerprint density at radius 2 is 1.35 bits per heavy atom. The van der Waals surface area contributed by atoms with Crippen LogP contribution in [0.25, 0.3) is 5.57 Å². The number of nitrogens with zero attached hydrogens (tertiary/aromatic N) is 5. The lowest BCUT2D eigenvalue weighted by Crippen LogP contribution is -2.67. The fourth-order valence-corrected chi connectivity index (χ4v) is 8.23. The zero-order valence-electron chi connectivity index (χ0n) is 25.3. The Kier molecular flexibility index (Phi) is 6.26. The van der Waals surface area contributed by atoms with E-state index in [0.29, 0.717) is 27.9 Å². The number of hydrogen-bond acceptors (Lipinski definition) is 6. The van der Waals surface area contributed by atoms with E-state index in [0.717, 1.165) is 39.3 Å². The Hall–Kier alpha value is -5.48. The maximum absolute atomic E-state index is 14.5. The molecule has 5 aromatic rings. The van der Waals surface area contributed by atoms with Gasteiger partial charge in [0.25, 0.3) is 11.5 Å². The van der Waals surface area contributed by atoms with E-state index in [-0.39, 0.29) is 17.5 Å². The highest BCUT2D eigenvalue weighted by atomic mass is 32.1. The van der Waals surface area contributed by atoms with E-state index in [2.05, 4.69) is 5.43 Å². The topological polar surface area (TPSA) is 90.3 Å². The number of likely N-dealkylation sites (N-methyl/N-ethyl adjacent to an activating group) is 2. The van der Waals surface area contributed by atoms with Crippen LogP contribution in [0.15, 0.2) is 125 Å². The number of para-hydroxylation sites is 1. The second-order valence-electron chi connectivity index (χ2n) is 11.7. The zero-order valence-corrected chi connectivity index (χ0v) is 26.1. The summed E-state index contributed by atoms with van der Waals surface area (Å²) in [5.41, 5.74) is 5.07. The quantitative estimate of drug-likeness (QED) is 0.323. The highest BCUT2D eigenvalue weighted by Crippen LogP contribution is 2.53. The van der Waals surface area contributed by atoms with Crippen LogP contribution in [0, 0.1) is 0 Å². The third kappa shape index (κ3) is 3.67. The van der Waals surface area contributed by atoms with E-state index >= 15 is 0 Å². The van der Waals surface area contributed by atoms with Gasteiger partial charge in [0.1, 0.15) is 4.53 Å². The lowest BCUT2D eigenvalue weighted by molar-refractivity contribution is -0.113. The van der Waals surface area contributed by atoms with Crippen LogP contribution in [0.4, 0.5) is 10.5 Å². The Morgan fingerprint density at radius 3 is 2.04 bits per heavy atom. The number of benzene rings is 4. The molecule has 8 rings (SSSR count). The molecule has 4 heterocycles. The number of amides is 3. The third-order valence-corrected chi connectivity index (χ3v) is 10.4. The standard InChI is InChI=1S/C36H30N6O3S/c1-39-34(45)40(2)36(26-18-10-5-11-19-26)35(39,25-16-8-4-9-17-25)37-33-42(38-36)32(44)30(46-33)29-27-20-12-13-21-28(27)41(31(29)43)23-22-24-14-6-3-7-15-24/h3-21,38H,22-23H2,1-2H3/b30-29-. The first-order valence-electron chi connectivity index (χ1n) is 15.1. The first kappa shape index (κ1) is 28.0. The molecule has 2 atom stereocenters. The summed E-state index contributed by atoms with van der Waals surface area (Å²) in [6.07, 6.45) is 0.677. The zero-order chi connectivity index (χ0) is 31.6. The maximum Gasteiger partial charge on any atom is 0.324 e. The predicted molar refractivity (Wildman–Crippen MR) is 177 cm³/mol. The largest absolute Gasteiger partial charge is 0.324 e. The minimum atomic E-state index is -1.29. The van der Waals surface area contributed by atoms with Gasteiger partial charge < -0.3 is 4.90 Å². The molecular formula is C36H30N6O3S. The number of thiazole rings is 1. The van der Waals surface area contributed by atoms with Gasteiger partial charge in [0.15, 0.2) is 0 Å². The molecule has 1 N–H and O–H groups in total. The van der Waals surface area contributed by atoms with Crippen LogP contribution in [-0.4, -0.2) is 47.1 Å². The molecule has 3 amide bonds. The van der Waals surface area contributed by atoms with Crippen LogP contribution in [0.5, 0.6) is 0 Å². The summed E-state index contributed by atoms with van der Waals surface area (Å²) in [5, 5.41) is 0. The van der Waals surface area contributed by atoms with Crippen LogP contribution in [0.3, 0.4) is 0 Å². The van der Waals surface area contributed by atoms with Gasteiger partial charge in [-0.05, 0) is 18.1 Å². The van der Waals surface area contributed by atoms with E-state index in [1.54, 1.807) is 28.8 Å². The summed E-state index contributed by atoms with van der Waals surface area (Å²) in [4.78, 5) is 53.2. The SMILES string of the molecule is CN1C(=O)N(C)C2(c3ccccc3)Nn3c(s/c(=C4\C(=O)N(CCc5ccccc5)c5ccccc54)c3=O)=NC12c1ccccc1. The Labute approximate surface area is 268 Å². The summed E-state index contributed by atoms with van der Waals surface area (Å²) in [5.74, 6) is -0.214. The Morgan fingerprint density at radius 1 is 0.739 bits per heavy atom. The number of anilines is 1. The van der Waals surface area contributed by atoms with Crippen molar-refractivity contribution in [2.24, 2.45) is 4.99 Å². The molecule has 228 valence electrons. The van der Waals surface area contributed by atoms with Crippen molar-refractivity contribution in [3.8, 4) is 0 Å². The van der Waals surface area contributed by atoms with Gasteiger partial charge in [0.2, 0.25) is 16.1 Å². The second kappa shape index (κ2) is 10.3. The van der Waals surface area contributed by atoms with Crippen molar-refractivity contribution in [3.05, 3.63) is 157 Å². The van der Waals surface area contributed by atoms with Gasteiger partial charge in [-0.2, -0.15) is 4.68 Å². The first-order chi connectivity index (χ1) is 22.4. The van der Waals surface area contributed by atoms with Crippen LogP contribution < -0.4 is 25.2 Å². The molecule has 0 saturated carbocycles. The molecule has 3 aliphatic rings. The molecule has 0 aliphatic carbocycles. The first-order valence-corrected chi connectivity index (χ1v) is 15.9. The highest BCUT2D eigenvalue weighted by molar-refractivity contribution is 7.07. The van der Waals surface area contributed by atoms with Crippen molar-refractivity contribution in [1.29, 1.82) is 0 Å². The molecule has 1 aromatic heterocycles. The third-order valence-electron chi connectivity index (χ3n) is 9.36. The van der Waals surface area contributed by atoms with Crippen LogP contribution in [-0.2, 0) is 22.5 Å². The normalized spacial score (nSPS) is 22.7. The molecule has 0 spiro atoms. The van der Waals surface area contributed by atoms with E-state index in [9.17, 15) is 14.4 Å². The molecule has 4 aromatic carbocycles. The van der Waals surface area contributed by atoms with Crippen molar-refractivity contribution in [3.63, 3.8) is 0 Å². The van der Waals surface area contributed by atoms with Gasteiger partial charge in [-0.15, -0.1) is 0 Å². The summed E-state index contributed by atoms with van der Waals surface area (Å²) in [6.45, 7) is 0.477. The van der Waals surface area contributed by atoms with E-state index in [1.165, 1.54) is 4.68 Å². The molecule has 46 heavy (non-hydrogen) atoms. The van der Waals surface area contributed by atoms with Crippen molar-refractivity contribution in [1.82, 2.24) is 14.5 Å². The summed E-state index contributed by atoms with van der Waals surface area (Å²) in [6, 6.07) is 36.6. The molecule has 1 fully saturated rings. The van der Waals surface area contributed by atoms with Gasteiger partial charge in [0.05, 0.1) is 11.3 Å². The minimum Gasteiger partial charge on any atom is -0.307 e. The van der Waals surface area contributed by atoms with E-state index < -0.39 is 11.3 Å². The lowest BCUT2D eigenvalue weighted by atomic mass is 9.80. The Bertz CT molecular complexity index is 2200. The molecule has 3 aliphatic heterocycles. The smallest absolute Gasteiger partial charge is 0.307 e. The monoisotopic (exact) mass is 626 g/mol. The van der Waals surface area contributed by atoms with Gasteiger partial charge in [-0.25, -0.2) is 9.79 Å². The fraction of sp³-hybridized carbons (Fsp3) is 0.167. The van der Waals surface area contributed by atoms with Gasteiger partial charge in [0, 0.05) is 37.3 Å². The average Bonchev–Trinajstić information content (AvgIpc) is 3.63. The summed E-state index contributed by atoms with van der Waals surface area (Å²) in [7, 11) is 3.46. The number of fused-ring (bicyclic) bond motifs is 3. The van der Waals surface area contributed by atoms with Crippen LogP contribution in [0.2, 0.25) is 0 Å². The fourth-order valence-electron chi connectivity index (χ4n) is 7.17. The molecule has 9 nitrogen and oxygen atoms in total. The number of aromatic nitrogens is 1. The number of nitrogens with one attached hydrogen (secondary N) is 1. The summed E-state index contributed by atoms with van der Waals surface area (Å²) < 4.78 is 1.71. The van der Waals surface area contributed by atoms with Crippen molar-refractivity contribution < 1.29 is 9.59 Å². The number of hydrogen-bond donors (Lipinski definition) is 1. The van der Waals surface area contributed by atoms with Crippen molar-refractivity contribution in [2.45, 2.75) is 17.7 Å². The predicted octanol–water partition coefficient (Wildman–Crippen LogP) is 3.58. The number of carbonyl (C=O) groups excluding carboxylic acids is 2. The lowest BCUT2D eigenvalue weighted by Gasteiger charge is -2.49. The minimum absolute atomic E-state index is 0.214. The number of urea groups is 1. The molecular weight excluding hydrogens is 597 g/mol. The van der Waals surface area contributed by atoms with Gasteiger partial charge in [-0.3, -0.25) is 24.8 Å². The number of carbonyl (C=O) groups is 2. The van der Waals surface area contributed by atoms with Gasteiger partial charge in [-0.1, -0.05) is 121 Å². The van der Waals surface area contributed by atoms with Crippen molar-refractivity contribution in [2.75, 3.05) is 31.0 Å². The second-order valence-corrected chi connectivity index (χ2v) is 12.7. The molecule has 1 saturated heterocycles. The van der Waals surface area contributed by atoms with Gasteiger partial charge >= 0.3 is 6.03 Å². The Balaban J connectivity index is 1.37. The van der Waals surface area contributed by atoms with Crippen LogP contribution in [0.1, 0.15) is 22.3 Å². The molecule has 10 heteroatoms. The average molecular weight is 627 g/mol. The number of rotatable bonds is 5. The van der Waals surface area contributed by atoms with Crippen molar-refractivity contribution >= 4 is 34.5 Å². The molecule has 2 unspecified atom stereocenters. The molecule has 0 radical (unpaired) electrons. The van der Waals surface area contributed by atoms with Crippen LogP contribution >= 0.6 is 11.3 Å². The highest BCUT2D eigenvalue weighted by Gasteiger charge is 2.69. The summed E-state index contributed by atoms with van der Waals surface area (Å²) >= 11 is 1.16. The molecule has 0 bridgehead atoms. The van der Waals surface area contributed by atoms with E-state index in [1.807, 2.05) is 115 Å². The van der Waals surface area contributed by atoms with E-state index in [4.69, 9.17) is 4.99 Å². The maximum atomic E-state index is 14.5.